The van der Waals surface area contributed by atoms with Gasteiger partial charge >= 0.3 is 0 Å². The van der Waals surface area contributed by atoms with Gasteiger partial charge in [-0.1, -0.05) is 53.7 Å². The number of hydrogen-bond acceptors (Lipinski definition) is 2. The molecule has 0 amide bonds. The SMILES string of the molecule is C=CC[C@H]1CC[C@H](C)N1c1cc(C(C)(C)C)cc(C(C)(C)C)c1O. The summed E-state index contributed by atoms with van der Waals surface area (Å²) in [4.78, 5) is 2.43. The van der Waals surface area contributed by atoms with Crippen LogP contribution < -0.4 is 4.90 Å². The van der Waals surface area contributed by atoms with Crippen molar-refractivity contribution in [2.75, 3.05) is 4.90 Å². The summed E-state index contributed by atoms with van der Waals surface area (Å²) in [6.45, 7) is 19.4. The third-order valence-corrected chi connectivity index (χ3v) is 5.27. The van der Waals surface area contributed by atoms with E-state index in [9.17, 15) is 5.11 Å². The topological polar surface area (TPSA) is 23.5 Å². The van der Waals surface area contributed by atoms with Gasteiger partial charge in [0.25, 0.3) is 0 Å². The molecule has 2 nitrogen and oxygen atoms in total. The van der Waals surface area contributed by atoms with E-state index in [-0.39, 0.29) is 10.8 Å². The van der Waals surface area contributed by atoms with Gasteiger partial charge in [0, 0.05) is 17.6 Å². The Morgan fingerprint density at radius 1 is 1.12 bits per heavy atom. The summed E-state index contributed by atoms with van der Waals surface area (Å²) < 4.78 is 0. The van der Waals surface area contributed by atoms with Crippen LogP contribution in [0.4, 0.5) is 5.69 Å². The molecule has 1 fully saturated rings. The summed E-state index contributed by atoms with van der Waals surface area (Å²) in [5.74, 6) is 0.457. The van der Waals surface area contributed by atoms with Gasteiger partial charge in [-0.25, -0.2) is 0 Å². The average Bonchev–Trinajstić information content (AvgIpc) is 2.78. The Balaban J connectivity index is 2.66. The molecule has 1 N–H and O–H groups in total. The quantitative estimate of drug-likeness (QED) is 0.696. The Morgan fingerprint density at radius 2 is 1.75 bits per heavy atom. The molecule has 0 aliphatic carbocycles. The molecule has 1 saturated heterocycles. The Morgan fingerprint density at radius 3 is 2.25 bits per heavy atom. The molecule has 1 aromatic rings. The maximum Gasteiger partial charge on any atom is 0.142 e. The van der Waals surface area contributed by atoms with Crippen molar-refractivity contribution >= 4 is 5.69 Å². The van der Waals surface area contributed by atoms with E-state index >= 15 is 0 Å². The van der Waals surface area contributed by atoms with Crippen LogP contribution in [0.15, 0.2) is 24.8 Å². The van der Waals surface area contributed by atoms with Gasteiger partial charge in [0.15, 0.2) is 0 Å². The van der Waals surface area contributed by atoms with Gasteiger partial charge in [-0.15, -0.1) is 6.58 Å². The fourth-order valence-corrected chi connectivity index (χ4v) is 3.75. The van der Waals surface area contributed by atoms with Crippen molar-refractivity contribution in [3.05, 3.63) is 35.9 Å². The molecule has 24 heavy (non-hydrogen) atoms. The minimum absolute atomic E-state index is 0.0549. The zero-order valence-corrected chi connectivity index (χ0v) is 16.6. The van der Waals surface area contributed by atoms with Crippen LogP contribution in [0.25, 0.3) is 0 Å². The Bertz CT molecular complexity index is 604. The van der Waals surface area contributed by atoms with Gasteiger partial charge in [-0.2, -0.15) is 0 Å². The molecule has 1 aliphatic heterocycles. The molecule has 2 heteroatoms. The second-order valence-electron chi connectivity index (χ2n) is 9.40. The number of nitrogens with zero attached hydrogens (tertiary/aromatic N) is 1. The van der Waals surface area contributed by atoms with Crippen LogP contribution in [0.2, 0.25) is 0 Å². The van der Waals surface area contributed by atoms with E-state index in [1.165, 1.54) is 12.0 Å². The minimum atomic E-state index is -0.0863. The van der Waals surface area contributed by atoms with E-state index in [1.54, 1.807) is 0 Å². The first kappa shape index (κ1) is 18.9. The molecule has 0 bridgehead atoms. The van der Waals surface area contributed by atoms with E-state index in [1.807, 2.05) is 6.08 Å². The van der Waals surface area contributed by atoms with E-state index < -0.39 is 0 Å². The molecular formula is C22H35NO. The normalized spacial score (nSPS) is 22.0. The van der Waals surface area contributed by atoms with Crippen molar-refractivity contribution in [1.82, 2.24) is 0 Å². The van der Waals surface area contributed by atoms with E-state index in [4.69, 9.17) is 0 Å². The number of anilines is 1. The molecule has 0 aromatic heterocycles. The zero-order chi connectivity index (χ0) is 18.3. The lowest BCUT2D eigenvalue weighted by Crippen LogP contribution is -2.35. The highest BCUT2D eigenvalue weighted by Gasteiger charge is 2.34. The summed E-state index contributed by atoms with van der Waals surface area (Å²) in [6, 6.07) is 5.29. The number of rotatable bonds is 3. The Kier molecular flexibility index (Phi) is 5.09. The number of aromatic hydroxyl groups is 1. The summed E-state index contributed by atoms with van der Waals surface area (Å²) >= 11 is 0. The van der Waals surface area contributed by atoms with Crippen LogP contribution in [0, 0.1) is 0 Å². The third-order valence-electron chi connectivity index (χ3n) is 5.27. The van der Waals surface area contributed by atoms with Gasteiger partial charge < -0.3 is 10.0 Å². The van der Waals surface area contributed by atoms with Crippen LogP contribution in [0.5, 0.6) is 5.75 Å². The molecule has 0 unspecified atom stereocenters. The molecule has 0 saturated carbocycles. The van der Waals surface area contributed by atoms with Crippen LogP contribution in [-0.2, 0) is 10.8 Å². The van der Waals surface area contributed by atoms with Gasteiger partial charge in [0.2, 0.25) is 0 Å². The predicted octanol–water partition coefficient (Wildman–Crippen LogP) is 5.92. The van der Waals surface area contributed by atoms with Gasteiger partial charge in [0.05, 0.1) is 5.69 Å². The maximum absolute atomic E-state index is 11.1. The van der Waals surface area contributed by atoms with Crippen LogP contribution in [0.1, 0.15) is 78.9 Å². The Labute approximate surface area is 148 Å². The smallest absolute Gasteiger partial charge is 0.142 e. The van der Waals surface area contributed by atoms with Crippen molar-refractivity contribution in [2.45, 2.75) is 90.6 Å². The fourth-order valence-electron chi connectivity index (χ4n) is 3.75. The fraction of sp³-hybridized carbons (Fsp3) is 0.636. The standard InChI is InChI=1S/C22H35NO/c1-9-10-17-12-11-15(2)23(17)19-14-16(21(3,4)5)13-18(20(19)24)22(6,7)8/h9,13-15,17,24H,1,10-12H2,2-8H3/t15-,17-/m0/s1. The van der Waals surface area contributed by atoms with E-state index in [0.717, 1.165) is 24.1 Å². The largest absolute Gasteiger partial charge is 0.505 e. The molecule has 0 radical (unpaired) electrons. The molecule has 1 aliphatic rings. The summed E-state index contributed by atoms with van der Waals surface area (Å²) in [5, 5.41) is 11.1. The molecule has 2 atom stereocenters. The molecular weight excluding hydrogens is 294 g/mol. The van der Waals surface area contributed by atoms with Crippen LogP contribution >= 0.6 is 0 Å². The van der Waals surface area contributed by atoms with Gasteiger partial charge in [0.1, 0.15) is 5.75 Å². The highest BCUT2D eigenvalue weighted by Crippen LogP contribution is 2.45. The van der Waals surface area contributed by atoms with Crippen molar-refractivity contribution in [3.8, 4) is 5.75 Å². The Hall–Kier alpha value is -1.44. The van der Waals surface area contributed by atoms with Crippen molar-refractivity contribution in [2.24, 2.45) is 0 Å². The lowest BCUT2D eigenvalue weighted by atomic mass is 9.79. The number of phenolic OH excluding ortho intramolecular Hbond substituents is 1. The third kappa shape index (κ3) is 3.63. The lowest BCUT2D eigenvalue weighted by molar-refractivity contribution is 0.441. The highest BCUT2D eigenvalue weighted by atomic mass is 16.3. The zero-order valence-electron chi connectivity index (χ0n) is 16.6. The van der Waals surface area contributed by atoms with Gasteiger partial charge in [-0.05, 0) is 48.6 Å². The van der Waals surface area contributed by atoms with Crippen LogP contribution in [-0.4, -0.2) is 17.2 Å². The van der Waals surface area contributed by atoms with E-state index in [2.05, 4.69) is 72.1 Å². The minimum Gasteiger partial charge on any atom is -0.505 e. The summed E-state index contributed by atoms with van der Waals surface area (Å²) in [7, 11) is 0. The van der Waals surface area contributed by atoms with Crippen molar-refractivity contribution in [3.63, 3.8) is 0 Å². The summed E-state index contributed by atoms with van der Waals surface area (Å²) in [5.41, 5.74) is 3.30. The first-order valence-electron chi connectivity index (χ1n) is 9.24. The number of phenols is 1. The number of hydrogen-bond donors (Lipinski definition) is 1. The monoisotopic (exact) mass is 329 g/mol. The number of benzene rings is 1. The van der Waals surface area contributed by atoms with Crippen molar-refractivity contribution < 1.29 is 5.11 Å². The summed E-state index contributed by atoms with van der Waals surface area (Å²) in [6.07, 6.45) is 5.30. The predicted molar refractivity (Wildman–Crippen MR) is 105 cm³/mol. The average molecular weight is 330 g/mol. The maximum atomic E-state index is 11.1. The van der Waals surface area contributed by atoms with Crippen LogP contribution in [0.3, 0.4) is 0 Å². The molecule has 0 spiro atoms. The second-order valence-corrected chi connectivity index (χ2v) is 9.40. The molecule has 1 heterocycles. The first-order chi connectivity index (χ1) is 11.0. The van der Waals surface area contributed by atoms with Gasteiger partial charge in [-0.3, -0.25) is 0 Å². The second kappa shape index (κ2) is 6.46. The highest BCUT2D eigenvalue weighted by molar-refractivity contribution is 5.66. The molecule has 2 rings (SSSR count). The van der Waals surface area contributed by atoms with Crippen molar-refractivity contribution in [1.29, 1.82) is 0 Å². The first-order valence-corrected chi connectivity index (χ1v) is 9.24. The lowest BCUT2D eigenvalue weighted by Gasteiger charge is -2.35. The van der Waals surface area contributed by atoms with E-state index in [0.29, 0.717) is 17.8 Å². The molecule has 1 aromatic carbocycles. The molecule has 134 valence electrons.